The van der Waals surface area contributed by atoms with Crippen LogP contribution < -0.4 is 0 Å². The summed E-state index contributed by atoms with van der Waals surface area (Å²) >= 11 is 1.90. The van der Waals surface area contributed by atoms with E-state index in [0.717, 1.165) is 5.56 Å². The second kappa shape index (κ2) is 5.39. The lowest BCUT2D eigenvalue weighted by molar-refractivity contribution is 0.0506. The van der Waals surface area contributed by atoms with Crippen LogP contribution in [0.2, 0.25) is 0 Å². The Balaban J connectivity index is 1.85. The van der Waals surface area contributed by atoms with E-state index in [1.165, 1.54) is 18.6 Å². The Kier molecular flexibility index (Phi) is 3.88. The summed E-state index contributed by atoms with van der Waals surface area (Å²) in [5, 5.41) is 0.509. The van der Waals surface area contributed by atoms with E-state index in [1.54, 1.807) is 0 Å². The maximum Gasteiger partial charge on any atom is 0.338 e. The van der Waals surface area contributed by atoms with Crippen molar-refractivity contribution in [3.63, 3.8) is 0 Å². The topological polar surface area (TPSA) is 26.3 Å². The molecule has 0 radical (unpaired) electrons. The molecular weight excluding hydrogens is 220 g/mol. The first-order valence-electron chi connectivity index (χ1n) is 5.61. The van der Waals surface area contributed by atoms with Crippen LogP contribution in [0.25, 0.3) is 0 Å². The number of carbonyl (C=O) groups is 1. The van der Waals surface area contributed by atoms with Gasteiger partial charge >= 0.3 is 5.97 Å². The molecule has 2 nitrogen and oxygen atoms in total. The molecular formula is C13H16O2S. The normalized spacial score (nSPS) is 19.7. The highest BCUT2D eigenvalue weighted by Crippen LogP contribution is 2.26. The van der Waals surface area contributed by atoms with Gasteiger partial charge in [0.1, 0.15) is 6.61 Å². The summed E-state index contributed by atoms with van der Waals surface area (Å²) < 4.78 is 5.29. The van der Waals surface area contributed by atoms with E-state index in [0.29, 0.717) is 17.4 Å². The Morgan fingerprint density at radius 3 is 2.81 bits per heavy atom. The molecule has 0 spiro atoms. The molecule has 0 saturated carbocycles. The fourth-order valence-corrected chi connectivity index (χ4v) is 2.88. The third-order valence-electron chi connectivity index (χ3n) is 2.71. The smallest absolute Gasteiger partial charge is 0.338 e. The minimum absolute atomic E-state index is 0.201. The molecule has 0 aliphatic carbocycles. The number of benzene rings is 1. The lowest BCUT2D eigenvalue weighted by Crippen LogP contribution is -2.13. The van der Waals surface area contributed by atoms with Crippen molar-refractivity contribution in [3.8, 4) is 0 Å². The highest BCUT2D eigenvalue weighted by Gasteiger charge is 2.17. The predicted octanol–water partition coefficient (Wildman–Crippen LogP) is 3.05. The minimum atomic E-state index is -0.201. The van der Waals surface area contributed by atoms with Gasteiger partial charge in [-0.15, -0.1) is 0 Å². The summed E-state index contributed by atoms with van der Waals surface area (Å²) in [6, 6.07) is 7.50. The predicted molar refractivity (Wildman–Crippen MR) is 66.9 cm³/mol. The van der Waals surface area contributed by atoms with Crippen LogP contribution >= 0.6 is 11.8 Å². The molecule has 1 aliphatic heterocycles. The van der Waals surface area contributed by atoms with Crippen LogP contribution in [0.4, 0.5) is 0 Å². The summed E-state index contributed by atoms with van der Waals surface area (Å²) in [6.45, 7) is 2.56. The van der Waals surface area contributed by atoms with E-state index in [4.69, 9.17) is 4.74 Å². The number of esters is 1. The van der Waals surface area contributed by atoms with Crippen LogP contribution in [0, 0.1) is 6.92 Å². The molecule has 1 aromatic carbocycles. The third kappa shape index (κ3) is 3.01. The van der Waals surface area contributed by atoms with Crippen LogP contribution in [-0.2, 0) is 4.74 Å². The third-order valence-corrected chi connectivity index (χ3v) is 4.08. The number of rotatable bonds is 3. The summed E-state index contributed by atoms with van der Waals surface area (Å²) in [4.78, 5) is 11.7. The molecule has 3 heteroatoms. The molecule has 1 atom stereocenters. The molecule has 86 valence electrons. The molecule has 1 aliphatic rings. The van der Waals surface area contributed by atoms with Gasteiger partial charge in [0.2, 0.25) is 0 Å². The number of ether oxygens (including phenoxy) is 1. The molecule has 1 fully saturated rings. The SMILES string of the molecule is Cc1ccc(C(=O)OCC2CCCS2)cc1. The van der Waals surface area contributed by atoms with Gasteiger partial charge in [0, 0.05) is 5.25 Å². The lowest BCUT2D eigenvalue weighted by atomic mass is 10.1. The number of aryl methyl sites for hydroxylation is 1. The van der Waals surface area contributed by atoms with Crippen molar-refractivity contribution < 1.29 is 9.53 Å². The maximum atomic E-state index is 11.7. The largest absolute Gasteiger partial charge is 0.461 e. The first-order valence-corrected chi connectivity index (χ1v) is 6.66. The van der Waals surface area contributed by atoms with E-state index in [-0.39, 0.29) is 5.97 Å². The Morgan fingerprint density at radius 1 is 1.44 bits per heavy atom. The average molecular weight is 236 g/mol. The molecule has 0 aromatic heterocycles. The van der Waals surface area contributed by atoms with Crippen molar-refractivity contribution in [2.45, 2.75) is 25.0 Å². The van der Waals surface area contributed by atoms with E-state index in [9.17, 15) is 4.79 Å². The van der Waals surface area contributed by atoms with Gasteiger partial charge in [0.05, 0.1) is 5.56 Å². The number of hydrogen-bond acceptors (Lipinski definition) is 3. The minimum Gasteiger partial charge on any atom is -0.461 e. The fraction of sp³-hybridized carbons (Fsp3) is 0.462. The zero-order valence-corrected chi connectivity index (χ0v) is 10.3. The molecule has 2 rings (SSSR count). The van der Waals surface area contributed by atoms with Crippen LogP contribution in [0.1, 0.15) is 28.8 Å². The van der Waals surface area contributed by atoms with Crippen LogP contribution in [0.3, 0.4) is 0 Å². The van der Waals surface area contributed by atoms with Crippen LogP contribution in [0.5, 0.6) is 0 Å². The Labute approximate surface area is 100 Å². The van der Waals surface area contributed by atoms with Crippen molar-refractivity contribution in [2.24, 2.45) is 0 Å². The molecule has 0 bridgehead atoms. The van der Waals surface area contributed by atoms with Crippen molar-refractivity contribution in [2.75, 3.05) is 12.4 Å². The average Bonchev–Trinajstić information content (AvgIpc) is 2.80. The zero-order valence-electron chi connectivity index (χ0n) is 9.44. The van der Waals surface area contributed by atoms with E-state index in [1.807, 2.05) is 43.0 Å². The summed E-state index contributed by atoms with van der Waals surface area (Å²) in [6.07, 6.45) is 2.42. The van der Waals surface area contributed by atoms with Gasteiger partial charge < -0.3 is 4.74 Å². The van der Waals surface area contributed by atoms with Gasteiger partial charge in [-0.25, -0.2) is 4.79 Å². The van der Waals surface area contributed by atoms with Crippen LogP contribution in [0.15, 0.2) is 24.3 Å². The maximum absolute atomic E-state index is 11.7. The molecule has 16 heavy (non-hydrogen) atoms. The summed E-state index contributed by atoms with van der Waals surface area (Å²) in [7, 11) is 0. The number of thioether (sulfide) groups is 1. The molecule has 1 aromatic rings. The van der Waals surface area contributed by atoms with Crippen molar-refractivity contribution in [1.82, 2.24) is 0 Å². The van der Waals surface area contributed by atoms with Gasteiger partial charge in [0.25, 0.3) is 0 Å². The molecule has 0 amide bonds. The monoisotopic (exact) mass is 236 g/mol. The Morgan fingerprint density at radius 2 is 2.19 bits per heavy atom. The molecule has 0 N–H and O–H groups in total. The Bertz CT molecular complexity index is 353. The zero-order chi connectivity index (χ0) is 11.4. The van der Waals surface area contributed by atoms with Crippen molar-refractivity contribution in [3.05, 3.63) is 35.4 Å². The second-order valence-electron chi connectivity index (χ2n) is 4.10. The number of carbonyl (C=O) groups excluding carboxylic acids is 1. The fourth-order valence-electron chi connectivity index (χ4n) is 1.72. The van der Waals surface area contributed by atoms with Gasteiger partial charge in [-0.2, -0.15) is 11.8 Å². The van der Waals surface area contributed by atoms with E-state index in [2.05, 4.69) is 0 Å². The van der Waals surface area contributed by atoms with Crippen molar-refractivity contribution >= 4 is 17.7 Å². The molecule has 1 saturated heterocycles. The van der Waals surface area contributed by atoms with E-state index >= 15 is 0 Å². The second-order valence-corrected chi connectivity index (χ2v) is 5.51. The highest BCUT2D eigenvalue weighted by atomic mass is 32.2. The van der Waals surface area contributed by atoms with Gasteiger partial charge in [-0.05, 0) is 37.7 Å². The van der Waals surface area contributed by atoms with Gasteiger partial charge in [-0.1, -0.05) is 17.7 Å². The standard InChI is InChI=1S/C13H16O2S/c1-10-4-6-11(7-5-10)13(14)15-9-12-3-2-8-16-12/h4-7,12H,2-3,8-9H2,1H3. The molecule has 1 heterocycles. The highest BCUT2D eigenvalue weighted by molar-refractivity contribution is 8.00. The lowest BCUT2D eigenvalue weighted by Gasteiger charge is -2.09. The first-order chi connectivity index (χ1) is 7.75. The summed E-state index contributed by atoms with van der Waals surface area (Å²) in [5.41, 5.74) is 1.80. The van der Waals surface area contributed by atoms with Crippen LogP contribution in [-0.4, -0.2) is 23.6 Å². The Hall–Kier alpha value is -0.960. The first kappa shape index (κ1) is 11.5. The number of hydrogen-bond donors (Lipinski definition) is 0. The summed E-state index contributed by atoms with van der Waals surface area (Å²) in [5.74, 6) is 1.000. The van der Waals surface area contributed by atoms with Crippen molar-refractivity contribution in [1.29, 1.82) is 0 Å². The van der Waals surface area contributed by atoms with E-state index < -0.39 is 0 Å². The quantitative estimate of drug-likeness (QED) is 0.754. The van der Waals surface area contributed by atoms with Gasteiger partial charge in [0.15, 0.2) is 0 Å². The van der Waals surface area contributed by atoms with Gasteiger partial charge in [-0.3, -0.25) is 0 Å². The molecule has 1 unspecified atom stereocenters.